The number of ether oxygens (including phenoxy) is 2. The number of carbonyl (C=O) groups excluding carboxylic acids is 3. The molecule has 1 atom stereocenters. The SMILES string of the molecule is CCCN1C(=O)NC(c2ccc(NC(=O)Nc3cccc(OC)c3)cc2)C(C(=O)OC)=C1C. The fraction of sp³-hybridized carbons (Fsp3) is 0.292. The third-order valence-electron chi connectivity index (χ3n) is 5.28. The highest BCUT2D eigenvalue weighted by molar-refractivity contribution is 6.00. The van der Waals surface area contributed by atoms with Gasteiger partial charge < -0.3 is 25.4 Å². The first kappa shape index (κ1) is 23.6. The molecule has 3 rings (SSSR count). The van der Waals surface area contributed by atoms with Gasteiger partial charge >= 0.3 is 18.0 Å². The van der Waals surface area contributed by atoms with Gasteiger partial charge in [-0.3, -0.25) is 4.90 Å². The Morgan fingerprint density at radius 1 is 1.06 bits per heavy atom. The molecule has 0 aromatic heterocycles. The molecule has 0 saturated heterocycles. The quantitative estimate of drug-likeness (QED) is 0.544. The van der Waals surface area contributed by atoms with E-state index in [4.69, 9.17) is 9.47 Å². The van der Waals surface area contributed by atoms with Crippen LogP contribution in [0.2, 0.25) is 0 Å². The summed E-state index contributed by atoms with van der Waals surface area (Å²) < 4.78 is 10.1. The number of hydrogen-bond acceptors (Lipinski definition) is 5. The lowest BCUT2D eigenvalue weighted by molar-refractivity contribution is -0.136. The molecule has 0 spiro atoms. The molecule has 33 heavy (non-hydrogen) atoms. The number of hydrogen-bond donors (Lipinski definition) is 3. The Hall–Kier alpha value is -4.01. The summed E-state index contributed by atoms with van der Waals surface area (Å²) in [4.78, 5) is 39.0. The highest BCUT2D eigenvalue weighted by Crippen LogP contribution is 2.32. The summed E-state index contributed by atoms with van der Waals surface area (Å²) in [7, 11) is 2.87. The molecular weight excluding hydrogens is 424 g/mol. The van der Waals surface area contributed by atoms with Crippen molar-refractivity contribution >= 4 is 29.4 Å². The second-order valence-corrected chi connectivity index (χ2v) is 7.46. The minimum atomic E-state index is -0.655. The van der Waals surface area contributed by atoms with Gasteiger partial charge in [0.25, 0.3) is 0 Å². The van der Waals surface area contributed by atoms with E-state index < -0.39 is 18.0 Å². The van der Waals surface area contributed by atoms with Crippen molar-refractivity contribution in [3.8, 4) is 5.75 Å². The zero-order valence-electron chi connectivity index (χ0n) is 19.1. The molecule has 2 aromatic rings. The van der Waals surface area contributed by atoms with Crippen molar-refractivity contribution in [2.24, 2.45) is 0 Å². The highest BCUT2D eigenvalue weighted by Gasteiger charge is 2.35. The molecule has 174 valence electrons. The number of urea groups is 2. The Labute approximate surface area is 192 Å². The van der Waals surface area contributed by atoms with Crippen LogP contribution in [0.3, 0.4) is 0 Å². The molecular formula is C24H28N4O5. The van der Waals surface area contributed by atoms with Gasteiger partial charge in [-0.05, 0) is 43.2 Å². The predicted molar refractivity (Wildman–Crippen MR) is 125 cm³/mol. The van der Waals surface area contributed by atoms with Gasteiger partial charge in [0, 0.05) is 29.7 Å². The first-order chi connectivity index (χ1) is 15.9. The minimum absolute atomic E-state index is 0.271. The lowest BCUT2D eigenvalue weighted by atomic mass is 9.94. The van der Waals surface area contributed by atoms with Crippen molar-refractivity contribution in [1.82, 2.24) is 10.2 Å². The molecule has 9 nitrogen and oxygen atoms in total. The van der Waals surface area contributed by atoms with Gasteiger partial charge in [-0.25, -0.2) is 14.4 Å². The number of allylic oxidation sites excluding steroid dienone is 1. The number of rotatable bonds is 7. The summed E-state index contributed by atoms with van der Waals surface area (Å²) in [6.45, 7) is 4.20. The van der Waals surface area contributed by atoms with Crippen molar-refractivity contribution in [3.63, 3.8) is 0 Å². The van der Waals surface area contributed by atoms with Crippen LogP contribution in [0.4, 0.5) is 21.0 Å². The van der Waals surface area contributed by atoms with Crippen LogP contribution in [0.5, 0.6) is 5.75 Å². The predicted octanol–water partition coefficient (Wildman–Crippen LogP) is 4.26. The maximum absolute atomic E-state index is 12.6. The van der Waals surface area contributed by atoms with E-state index in [9.17, 15) is 14.4 Å². The molecule has 1 aliphatic rings. The van der Waals surface area contributed by atoms with E-state index in [1.807, 2.05) is 6.92 Å². The van der Waals surface area contributed by atoms with E-state index in [-0.39, 0.29) is 6.03 Å². The van der Waals surface area contributed by atoms with Crippen LogP contribution in [-0.2, 0) is 9.53 Å². The molecule has 0 bridgehead atoms. The summed E-state index contributed by atoms with van der Waals surface area (Å²) in [6, 6.07) is 12.6. The number of nitrogens with zero attached hydrogens (tertiary/aromatic N) is 1. The van der Waals surface area contributed by atoms with Gasteiger partial charge in [-0.15, -0.1) is 0 Å². The fourth-order valence-electron chi connectivity index (χ4n) is 3.65. The van der Waals surface area contributed by atoms with Crippen molar-refractivity contribution in [1.29, 1.82) is 0 Å². The summed E-state index contributed by atoms with van der Waals surface area (Å²) in [5.41, 5.74) is 2.78. The molecule has 1 heterocycles. The molecule has 0 fully saturated rings. The Morgan fingerprint density at radius 2 is 1.76 bits per heavy atom. The maximum Gasteiger partial charge on any atom is 0.337 e. The van der Waals surface area contributed by atoms with E-state index in [1.54, 1.807) is 67.5 Å². The van der Waals surface area contributed by atoms with Crippen LogP contribution in [0.25, 0.3) is 0 Å². The van der Waals surface area contributed by atoms with Gasteiger partial charge in [-0.2, -0.15) is 0 Å². The fourth-order valence-corrected chi connectivity index (χ4v) is 3.65. The Morgan fingerprint density at radius 3 is 2.39 bits per heavy atom. The monoisotopic (exact) mass is 452 g/mol. The molecule has 9 heteroatoms. The van der Waals surface area contributed by atoms with Gasteiger partial charge in [0.1, 0.15) is 5.75 Å². The summed E-state index contributed by atoms with van der Waals surface area (Å²) in [5.74, 6) is 0.132. The number of benzene rings is 2. The summed E-state index contributed by atoms with van der Waals surface area (Å²) >= 11 is 0. The molecule has 2 aromatic carbocycles. The van der Waals surface area contributed by atoms with Crippen molar-refractivity contribution in [2.45, 2.75) is 26.3 Å². The largest absolute Gasteiger partial charge is 0.497 e. The Bertz CT molecular complexity index is 1060. The zero-order valence-corrected chi connectivity index (χ0v) is 19.1. The highest BCUT2D eigenvalue weighted by atomic mass is 16.5. The third-order valence-corrected chi connectivity index (χ3v) is 5.28. The number of nitrogens with one attached hydrogen (secondary N) is 3. The van der Waals surface area contributed by atoms with Crippen LogP contribution in [0.15, 0.2) is 59.8 Å². The topological polar surface area (TPSA) is 109 Å². The van der Waals surface area contributed by atoms with E-state index in [0.717, 1.165) is 6.42 Å². The molecule has 1 aliphatic heterocycles. The lowest BCUT2D eigenvalue weighted by Crippen LogP contribution is -2.48. The normalized spacial score (nSPS) is 15.6. The number of methoxy groups -OCH3 is 2. The number of anilines is 2. The average molecular weight is 453 g/mol. The molecule has 1 unspecified atom stereocenters. The maximum atomic E-state index is 12.6. The Balaban J connectivity index is 1.77. The lowest BCUT2D eigenvalue weighted by Gasteiger charge is -2.35. The summed E-state index contributed by atoms with van der Waals surface area (Å²) in [5, 5.41) is 8.38. The van der Waals surface area contributed by atoms with Crippen LogP contribution >= 0.6 is 0 Å². The first-order valence-electron chi connectivity index (χ1n) is 10.6. The van der Waals surface area contributed by atoms with Gasteiger partial charge in [-0.1, -0.05) is 25.1 Å². The van der Waals surface area contributed by atoms with Crippen molar-refractivity contribution in [3.05, 3.63) is 65.4 Å². The second-order valence-electron chi connectivity index (χ2n) is 7.46. The average Bonchev–Trinajstić information content (AvgIpc) is 2.81. The second kappa shape index (κ2) is 10.5. The number of amides is 4. The summed E-state index contributed by atoms with van der Waals surface area (Å²) in [6.07, 6.45) is 0.752. The van der Waals surface area contributed by atoms with E-state index in [2.05, 4.69) is 16.0 Å². The van der Waals surface area contributed by atoms with Crippen LogP contribution in [0, 0.1) is 0 Å². The zero-order chi connectivity index (χ0) is 24.0. The molecule has 4 amide bonds. The van der Waals surface area contributed by atoms with Gasteiger partial charge in [0.2, 0.25) is 0 Å². The van der Waals surface area contributed by atoms with E-state index in [0.29, 0.717) is 40.5 Å². The molecule has 3 N–H and O–H groups in total. The third kappa shape index (κ3) is 5.43. The van der Waals surface area contributed by atoms with E-state index in [1.165, 1.54) is 7.11 Å². The van der Waals surface area contributed by atoms with Crippen molar-refractivity contribution in [2.75, 3.05) is 31.4 Å². The number of esters is 1. The van der Waals surface area contributed by atoms with Crippen LogP contribution < -0.4 is 20.7 Å². The molecule has 0 saturated carbocycles. The number of carbonyl (C=O) groups is 3. The Kier molecular flexibility index (Phi) is 7.55. The van der Waals surface area contributed by atoms with Gasteiger partial charge in [0.15, 0.2) is 0 Å². The first-order valence-corrected chi connectivity index (χ1v) is 10.6. The van der Waals surface area contributed by atoms with E-state index >= 15 is 0 Å². The molecule has 0 aliphatic carbocycles. The standard InChI is InChI=1S/C24H28N4O5/c1-5-13-28-15(2)20(22(29)33-4)21(27-24(28)31)16-9-11-17(12-10-16)25-23(30)26-18-7-6-8-19(14-18)32-3/h6-12,14,21H,5,13H2,1-4H3,(H,27,31)(H2,25,26,30). The van der Waals surface area contributed by atoms with Crippen LogP contribution in [-0.4, -0.2) is 43.7 Å². The van der Waals surface area contributed by atoms with Crippen molar-refractivity contribution < 1.29 is 23.9 Å². The van der Waals surface area contributed by atoms with Crippen LogP contribution in [0.1, 0.15) is 31.9 Å². The van der Waals surface area contributed by atoms with Gasteiger partial charge in [0.05, 0.1) is 25.8 Å². The minimum Gasteiger partial charge on any atom is -0.497 e. The molecule has 0 radical (unpaired) electrons. The smallest absolute Gasteiger partial charge is 0.337 e.